The summed E-state index contributed by atoms with van der Waals surface area (Å²) in [5.74, 6) is 0.935. The first-order valence-electron chi connectivity index (χ1n) is 10.1. The number of hydrogen-bond acceptors (Lipinski definition) is 5. The highest BCUT2D eigenvalue weighted by atomic mass is 16.5. The fourth-order valence-corrected chi connectivity index (χ4v) is 3.07. The molecule has 0 amide bonds. The van der Waals surface area contributed by atoms with Crippen LogP contribution in [-0.4, -0.2) is 24.8 Å². The zero-order valence-electron chi connectivity index (χ0n) is 18.0. The molecule has 0 saturated heterocycles. The second kappa shape index (κ2) is 10.4. The summed E-state index contributed by atoms with van der Waals surface area (Å²) in [7, 11) is 1.55. The Morgan fingerprint density at radius 3 is 2.29 bits per heavy atom. The zero-order valence-corrected chi connectivity index (χ0v) is 18.0. The minimum Gasteiger partial charge on any atom is -0.495 e. The highest BCUT2D eigenvalue weighted by Gasteiger charge is 2.11. The molecule has 0 spiro atoms. The van der Waals surface area contributed by atoms with Crippen LogP contribution < -0.4 is 19.5 Å². The Balaban J connectivity index is 1.72. The number of rotatable bonds is 10. The Hall–Kier alpha value is -3.67. The van der Waals surface area contributed by atoms with E-state index in [4.69, 9.17) is 14.2 Å². The Labute approximate surface area is 182 Å². The monoisotopic (exact) mass is 421 g/mol. The van der Waals surface area contributed by atoms with E-state index in [0.717, 1.165) is 11.1 Å². The number of carbonyl (C=O) groups is 1. The Kier molecular flexibility index (Phi) is 7.38. The summed E-state index contributed by atoms with van der Waals surface area (Å²) in [5, 5.41) is 12.5. The van der Waals surface area contributed by atoms with Gasteiger partial charge in [0.05, 0.1) is 25.0 Å². The lowest BCUT2D eigenvalue weighted by molar-refractivity contribution is 0.0697. The second-order valence-corrected chi connectivity index (χ2v) is 7.06. The first kappa shape index (κ1) is 22.0. The summed E-state index contributed by atoms with van der Waals surface area (Å²) in [6.07, 6.45) is 0. The van der Waals surface area contributed by atoms with Crippen molar-refractivity contribution in [2.75, 3.05) is 19.0 Å². The van der Waals surface area contributed by atoms with Gasteiger partial charge < -0.3 is 24.6 Å². The van der Waals surface area contributed by atoms with Crippen LogP contribution in [0.4, 0.5) is 5.69 Å². The lowest BCUT2D eigenvalue weighted by atomic mass is 10.1. The normalized spacial score (nSPS) is 10.4. The number of methoxy groups -OCH3 is 1. The number of anilines is 1. The molecule has 3 aromatic carbocycles. The highest BCUT2D eigenvalue weighted by molar-refractivity contribution is 5.89. The molecule has 162 valence electrons. The van der Waals surface area contributed by atoms with Crippen LogP contribution in [0.25, 0.3) is 0 Å². The molecule has 0 radical (unpaired) electrons. The van der Waals surface area contributed by atoms with Gasteiger partial charge in [0.1, 0.15) is 12.4 Å². The smallest absolute Gasteiger partial charge is 0.335 e. The minimum absolute atomic E-state index is 0.193. The van der Waals surface area contributed by atoms with E-state index in [9.17, 15) is 9.90 Å². The second-order valence-electron chi connectivity index (χ2n) is 7.06. The van der Waals surface area contributed by atoms with Gasteiger partial charge in [0.15, 0.2) is 11.5 Å². The summed E-state index contributed by atoms with van der Waals surface area (Å²) in [6.45, 7) is 5.43. The number of ether oxygens (including phenoxy) is 3. The van der Waals surface area contributed by atoms with Crippen molar-refractivity contribution in [3.63, 3.8) is 0 Å². The van der Waals surface area contributed by atoms with Crippen LogP contribution in [0.2, 0.25) is 0 Å². The van der Waals surface area contributed by atoms with Crippen LogP contribution >= 0.6 is 0 Å². The van der Waals surface area contributed by atoms with Gasteiger partial charge in [0.25, 0.3) is 0 Å². The molecule has 0 aliphatic carbocycles. The lowest BCUT2D eigenvalue weighted by Crippen LogP contribution is -2.05. The third kappa shape index (κ3) is 5.92. The average Bonchev–Trinajstić information content (AvgIpc) is 2.78. The topological polar surface area (TPSA) is 77.0 Å². The third-order valence-corrected chi connectivity index (χ3v) is 4.75. The molecule has 0 saturated carbocycles. The van der Waals surface area contributed by atoms with Gasteiger partial charge in [-0.3, -0.25) is 0 Å². The number of carboxylic acids is 1. The Bertz CT molecular complexity index is 1030. The maximum Gasteiger partial charge on any atom is 0.335 e. The van der Waals surface area contributed by atoms with Gasteiger partial charge in [-0.05, 0) is 55.3 Å². The summed E-state index contributed by atoms with van der Waals surface area (Å²) < 4.78 is 17.1. The summed E-state index contributed by atoms with van der Waals surface area (Å²) in [6, 6.07) is 18.7. The summed E-state index contributed by atoms with van der Waals surface area (Å²) in [5.41, 5.74) is 4.07. The number of benzene rings is 3. The van der Waals surface area contributed by atoms with Crippen molar-refractivity contribution < 1.29 is 24.1 Å². The summed E-state index contributed by atoms with van der Waals surface area (Å²) in [4.78, 5) is 11.3. The molecular weight excluding hydrogens is 394 g/mol. The molecule has 0 atom stereocenters. The van der Waals surface area contributed by atoms with Gasteiger partial charge in [-0.1, -0.05) is 35.9 Å². The number of hydrogen-bond donors (Lipinski definition) is 2. The molecule has 0 bridgehead atoms. The predicted octanol–water partition coefficient (Wildman–Crippen LogP) is 5.29. The van der Waals surface area contributed by atoms with E-state index in [1.54, 1.807) is 19.2 Å². The molecule has 0 heterocycles. The molecule has 0 unspecified atom stereocenters. The maximum absolute atomic E-state index is 11.3. The largest absolute Gasteiger partial charge is 0.495 e. The molecule has 2 N–H and O–H groups in total. The van der Waals surface area contributed by atoms with E-state index in [2.05, 4.69) is 24.4 Å². The van der Waals surface area contributed by atoms with Crippen molar-refractivity contribution in [1.29, 1.82) is 0 Å². The Morgan fingerprint density at radius 1 is 0.903 bits per heavy atom. The van der Waals surface area contributed by atoms with Gasteiger partial charge in [0.2, 0.25) is 0 Å². The third-order valence-electron chi connectivity index (χ3n) is 4.75. The molecule has 31 heavy (non-hydrogen) atoms. The molecule has 0 aromatic heterocycles. The predicted molar refractivity (Wildman–Crippen MR) is 120 cm³/mol. The first-order valence-corrected chi connectivity index (χ1v) is 10.1. The van der Waals surface area contributed by atoms with E-state index in [1.807, 2.05) is 37.3 Å². The van der Waals surface area contributed by atoms with Crippen molar-refractivity contribution in [3.05, 3.63) is 82.9 Å². The van der Waals surface area contributed by atoms with Crippen LogP contribution in [0.15, 0.2) is 60.7 Å². The number of nitrogens with one attached hydrogen (secondary N) is 1. The van der Waals surface area contributed by atoms with Crippen LogP contribution in [0.1, 0.15) is 34.0 Å². The molecular formula is C25H27NO5. The van der Waals surface area contributed by atoms with Crippen LogP contribution in [0.5, 0.6) is 17.2 Å². The number of carboxylic acid groups (broad SMARTS) is 1. The van der Waals surface area contributed by atoms with E-state index in [0.29, 0.717) is 42.7 Å². The van der Waals surface area contributed by atoms with Crippen molar-refractivity contribution in [3.8, 4) is 17.2 Å². The van der Waals surface area contributed by atoms with Gasteiger partial charge in [-0.2, -0.15) is 0 Å². The molecule has 0 aliphatic rings. The van der Waals surface area contributed by atoms with E-state index in [1.165, 1.54) is 11.6 Å². The number of aromatic carboxylic acids is 1. The van der Waals surface area contributed by atoms with Crippen molar-refractivity contribution in [2.45, 2.75) is 27.0 Å². The summed E-state index contributed by atoms with van der Waals surface area (Å²) >= 11 is 0. The first-order chi connectivity index (χ1) is 15.0. The fraction of sp³-hybridized carbons (Fsp3) is 0.240. The van der Waals surface area contributed by atoms with Crippen molar-refractivity contribution in [2.24, 2.45) is 0 Å². The Morgan fingerprint density at radius 2 is 1.61 bits per heavy atom. The van der Waals surface area contributed by atoms with Crippen LogP contribution in [0.3, 0.4) is 0 Å². The van der Waals surface area contributed by atoms with E-state index < -0.39 is 5.97 Å². The van der Waals surface area contributed by atoms with Gasteiger partial charge in [-0.25, -0.2) is 4.79 Å². The molecule has 3 rings (SSSR count). The molecule has 6 heteroatoms. The minimum atomic E-state index is -0.987. The molecule has 0 aliphatic heterocycles. The van der Waals surface area contributed by atoms with Crippen LogP contribution in [0, 0.1) is 6.92 Å². The van der Waals surface area contributed by atoms with E-state index >= 15 is 0 Å². The highest BCUT2D eigenvalue weighted by Crippen LogP contribution is 2.31. The van der Waals surface area contributed by atoms with Gasteiger partial charge in [0, 0.05) is 6.54 Å². The molecule has 0 fully saturated rings. The quantitative estimate of drug-likeness (QED) is 0.463. The molecule has 3 aromatic rings. The lowest BCUT2D eigenvalue weighted by Gasteiger charge is -2.15. The van der Waals surface area contributed by atoms with Crippen LogP contribution in [-0.2, 0) is 13.2 Å². The number of aryl methyl sites for hydroxylation is 1. The van der Waals surface area contributed by atoms with Crippen molar-refractivity contribution in [1.82, 2.24) is 0 Å². The van der Waals surface area contributed by atoms with Gasteiger partial charge >= 0.3 is 5.97 Å². The standard InChI is InChI=1S/C25H27NO5/c1-4-30-24-13-19(9-11-23(24)31-16-18-7-5-17(2)6-8-18)15-26-21-14-20(25(27)28)10-12-22(21)29-3/h5-14,26H,4,15-16H2,1-3H3,(H,27,28). The average molecular weight is 421 g/mol. The van der Waals surface area contributed by atoms with E-state index in [-0.39, 0.29) is 5.56 Å². The SMILES string of the molecule is CCOc1cc(CNc2cc(C(=O)O)ccc2OC)ccc1OCc1ccc(C)cc1. The van der Waals surface area contributed by atoms with Gasteiger partial charge in [-0.15, -0.1) is 0 Å². The maximum atomic E-state index is 11.3. The van der Waals surface area contributed by atoms with Crippen molar-refractivity contribution >= 4 is 11.7 Å². The zero-order chi connectivity index (χ0) is 22.2. The fourth-order valence-electron chi connectivity index (χ4n) is 3.07. The molecule has 6 nitrogen and oxygen atoms in total.